The third kappa shape index (κ3) is 4.32. The summed E-state index contributed by atoms with van der Waals surface area (Å²) in [5.41, 5.74) is 9.85. The summed E-state index contributed by atoms with van der Waals surface area (Å²) in [7, 11) is 0. The van der Waals surface area contributed by atoms with E-state index in [1.54, 1.807) is 0 Å². The molecule has 2 nitrogen and oxygen atoms in total. The van der Waals surface area contributed by atoms with Crippen molar-refractivity contribution in [1.29, 1.82) is 0 Å². The molecule has 0 N–H and O–H groups in total. The van der Waals surface area contributed by atoms with E-state index in [0.717, 1.165) is 39.0 Å². The molecule has 2 aromatic heterocycles. The summed E-state index contributed by atoms with van der Waals surface area (Å²) in [4.78, 5) is 2.41. The van der Waals surface area contributed by atoms with E-state index in [2.05, 4.69) is 163 Å². The molecule has 0 spiro atoms. The van der Waals surface area contributed by atoms with Crippen LogP contribution in [0.5, 0.6) is 0 Å². The second-order valence-corrected chi connectivity index (χ2v) is 12.4. The van der Waals surface area contributed by atoms with Gasteiger partial charge in [0.15, 0.2) is 0 Å². The number of rotatable bonds is 5. The number of thiophene rings is 1. The Bertz CT molecular complexity index is 2490. The van der Waals surface area contributed by atoms with Gasteiger partial charge in [-0.1, -0.05) is 121 Å². The molecule has 9 aromatic rings. The summed E-state index contributed by atoms with van der Waals surface area (Å²) >= 11 is 1.85. The van der Waals surface area contributed by atoms with E-state index in [4.69, 9.17) is 4.42 Å². The van der Waals surface area contributed by atoms with E-state index < -0.39 is 0 Å². The van der Waals surface area contributed by atoms with Crippen molar-refractivity contribution in [2.75, 3.05) is 4.90 Å². The molecule has 9 rings (SSSR count). The largest absolute Gasteiger partial charge is 0.456 e. The highest BCUT2D eigenvalue weighted by molar-refractivity contribution is 7.25. The molecule has 0 amide bonds. The predicted octanol–water partition coefficient (Wildman–Crippen LogP) is 12.8. The highest BCUT2D eigenvalue weighted by Gasteiger charge is 2.22. The Morgan fingerprint density at radius 3 is 1.96 bits per heavy atom. The first-order valence-corrected chi connectivity index (χ1v) is 16.0. The first kappa shape index (κ1) is 25.8. The maximum atomic E-state index is 6.37. The van der Waals surface area contributed by atoms with Crippen molar-refractivity contribution in [1.82, 2.24) is 0 Å². The molecule has 3 heteroatoms. The molecule has 2 heterocycles. The van der Waals surface area contributed by atoms with Gasteiger partial charge in [0.05, 0.1) is 16.8 Å². The molecule has 0 aliphatic heterocycles. The summed E-state index contributed by atoms with van der Waals surface area (Å²) < 4.78 is 8.95. The lowest BCUT2D eigenvalue weighted by atomic mass is 9.98. The molecule has 0 saturated carbocycles. The number of para-hydroxylation sites is 2. The van der Waals surface area contributed by atoms with Gasteiger partial charge >= 0.3 is 0 Å². The standard InChI is InChI=1S/C42H27NOS/c1-2-11-28(12-3-1)29-21-23-30(24-22-29)32-13-4-7-16-36(32)43(31-25-26-34-33-14-6-9-20-40(33)45-41(34)27-31)37-17-10-19-39-42(37)35-15-5-8-18-38(35)44-39/h1-27H. The minimum Gasteiger partial charge on any atom is -0.456 e. The zero-order chi connectivity index (χ0) is 29.7. The van der Waals surface area contributed by atoms with Crippen molar-refractivity contribution in [2.24, 2.45) is 0 Å². The van der Waals surface area contributed by atoms with Crippen LogP contribution in [0.3, 0.4) is 0 Å². The van der Waals surface area contributed by atoms with Crippen molar-refractivity contribution in [3.63, 3.8) is 0 Å². The monoisotopic (exact) mass is 593 g/mol. The van der Waals surface area contributed by atoms with Crippen molar-refractivity contribution < 1.29 is 4.42 Å². The zero-order valence-electron chi connectivity index (χ0n) is 24.4. The summed E-state index contributed by atoms with van der Waals surface area (Å²) in [5, 5.41) is 4.81. The molecular weight excluding hydrogens is 567 g/mol. The van der Waals surface area contributed by atoms with E-state index >= 15 is 0 Å². The summed E-state index contributed by atoms with van der Waals surface area (Å²) in [6, 6.07) is 58.5. The van der Waals surface area contributed by atoms with Crippen LogP contribution < -0.4 is 4.90 Å². The average molecular weight is 594 g/mol. The van der Waals surface area contributed by atoms with E-state index in [9.17, 15) is 0 Å². The fraction of sp³-hybridized carbons (Fsp3) is 0. The number of hydrogen-bond donors (Lipinski definition) is 0. The van der Waals surface area contributed by atoms with Gasteiger partial charge in [-0.25, -0.2) is 0 Å². The molecule has 0 fully saturated rings. The molecular formula is C42H27NOS. The van der Waals surface area contributed by atoms with Gasteiger partial charge in [0.25, 0.3) is 0 Å². The summed E-state index contributed by atoms with van der Waals surface area (Å²) in [6.45, 7) is 0. The molecule has 0 unspecified atom stereocenters. The predicted molar refractivity (Wildman–Crippen MR) is 192 cm³/mol. The van der Waals surface area contributed by atoms with Crippen LogP contribution in [0, 0.1) is 0 Å². The van der Waals surface area contributed by atoms with Crippen LogP contribution >= 0.6 is 11.3 Å². The maximum Gasteiger partial charge on any atom is 0.137 e. The topological polar surface area (TPSA) is 16.4 Å². The second kappa shape index (κ2) is 10.5. The Balaban J connectivity index is 1.29. The number of anilines is 3. The van der Waals surface area contributed by atoms with Crippen LogP contribution in [0.15, 0.2) is 168 Å². The molecule has 0 aliphatic carbocycles. The quantitative estimate of drug-likeness (QED) is 0.197. The Morgan fingerprint density at radius 2 is 1.07 bits per heavy atom. The third-order valence-electron chi connectivity index (χ3n) is 8.69. The summed E-state index contributed by atoms with van der Waals surface area (Å²) in [6.07, 6.45) is 0. The minimum absolute atomic E-state index is 0.881. The van der Waals surface area contributed by atoms with E-state index in [-0.39, 0.29) is 0 Å². The van der Waals surface area contributed by atoms with Crippen molar-refractivity contribution in [2.45, 2.75) is 0 Å². The lowest BCUT2D eigenvalue weighted by molar-refractivity contribution is 0.669. The lowest BCUT2D eigenvalue weighted by Gasteiger charge is -2.28. The van der Waals surface area contributed by atoms with Gasteiger partial charge < -0.3 is 9.32 Å². The first-order valence-electron chi connectivity index (χ1n) is 15.2. The SMILES string of the molecule is c1ccc(-c2ccc(-c3ccccc3N(c3ccc4c(c3)sc3ccccc34)c3cccc4oc5ccccc5c34)cc2)cc1. The smallest absolute Gasteiger partial charge is 0.137 e. The Kier molecular flexibility index (Phi) is 6.03. The molecule has 7 aromatic carbocycles. The number of furan rings is 1. The van der Waals surface area contributed by atoms with Crippen molar-refractivity contribution >= 4 is 70.5 Å². The molecule has 0 radical (unpaired) electrons. The van der Waals surface area contributed by atoms with Gasteiger partial charge in [-0.3, -0.25) is 0 Å². The van der Waals surface area contributed by atoms with Crippen LogP contribution in [0.2, 0.25) is 0 Å². The third-order valence-corrected chi connectivity index (χ3v) is 9.82. The fourth-order valence-electron chi connectivity index (χ4n) is 6.59. The van der Waals surface area contributed by atoms with Crippen LogP contribution in [0.25, 0.3) is 64.4 Å². The van der Waals surface area contributed by atoms with Gasteiger partial charge in [-0.05, 0) is 59.2 Å². The molecule has 0 bridgehead atoms. The van der Waals surface area contributed by atoms with Gasteiger partial charge in [-0.15, -0.1) is 11.3 Å². The number of benzene rings is 7. The maximum absolute atomic E-state index is 6.37. The van der Waals surface area contributed by atoms with Gasteiger partial charge in [-0.2, -0.15) is 0 Å². The van der Waals surface area contributed by atoms with Crippen LogP contribution in [0.4, 0.5) is 17.1 Å². The molecule has 212 valence electrons. The van der Waals surface area contributed by atoms with E-state index in [0.29, 0.717) is 0 Å². The number of fused-ring (bicyclic) bond motifs is 6. The normalized spacial score (nSPS) is 11.6. The van der Waals surface area contributed by atoms with Gasteiger partial charge in [0.2, 0.25) is 0 Å². The highest BCUT2D eigenvalue weighted by atomic mass is 32.1. The first-order chi connectivity index (χ1) is 22.3. The Labute approximate surface area is 265 Å². The molecule has 45 heavy (non-hydrogen) atoms. The second-order valence-electron chi connectivity index (χ2n) is 11.3. The molecule has 0 aliphatic rings. The number of nitrogens with zero attached hydrogens (tertiary/aromatic N) is 1. The zero-order valence-corrected chi connectivity index (χ0v) is 25.2. The highest BCUT2D eigenvalue weighted by Crippen LogP contribution is 2.47. The van der Waals surface area contributed by atoms with E-state index in [1.165, 1.54) is 42.4 Å². The fourth-order valence-corrected chi connectivity index (χ4v) is 7.73. The van der Waals surface area contributed by atoms with Crippen LogP contribution in [-0.2, 0) is 0 Å². The van der Waals surface area contributed by atoms with Crippen molar-refractivity contribution in [3.05, 3.63) is 164 Å². The minimum atomic E-state index is 0.881. The van der Waals surface area contributed by atoms with Gasteiger partial charge in [0, 0.05) is 36.8 Å². The average Bonchev–Trinajstić information content (AvgIpc) is 3.68. The van der Waals surface area contributed by atoms with Crippen LogP contribution in [0.1, 0.15) is 0 Å². The molecule has 0 saturated heterocycles. The lowest BCUT2D eigenvalue weighted by Crippen LogP contribution is -2.11. The van der Waals surface area contributed by atoms with E-state index in [1.807, 2.05) is 17.4 Å². The Hall–Kier alpha value is -5.64. The van der Waals surface area contributed by atoms with Gasteiger partial charge in [0.1, 0.15) is 11.2 Å². The number of hydrogen-bond acceptors (Lipinski definition) is 3. The van der Waals surface area contributed by atoms with Crippen molar-refractivity contribution in [3.8, 4) is 22.3 Å². The summed E-state index contributed by atoms with van der Waals surface area (Å²) in [5.74, 6) is 0. The van der Waals surface area contributed by atoms with Crippen LogP contribution in [-0.4, -0.2) is 0 Å². The Morgan fingerprint density at radius 1 is 0.422 bits per heavy atom. The molecule has 0 atom stereocenters.